The van der Waals surface area contributed by atoms with Gasteiger partial charge in [-0.3, -0.25) is 4.79 Å². The van der Waals surface area contributed by atoms with Crippen molar-refractivity contribution in [2.75, 3.05) is 30.9 Å². The van der Waals surface area contributed by atoms with Crippen molar-refractivity contribution in [3.8, 4) is 0 Å². The summed E-state index contributed by atoms with van der Waals surface area (Å²) in [5.41, 5.74) is 0.815. The van der Waals surface area contributed by atoms with Crippen LogP contribution in [-0.2, 0) is 9.84 Å². The number of hydrogen-bond acceptors (Lipinski definition) is 6. The highest BCUT2D eigenvalue weighted by Gasteiger charge is 2.15. The number of anilines is 1. The molecule has 0 aromatic carbocycles. The topological polar surface area (TPSA) is 101 Å². The Kier molecular flexibility index (Phi) is 6.07. The van der Waals surface area contributed by atoms with Gasteiger partial charge in [0.25, 0.3) is 5.91 Å². The zero-order chi connectivity index (χ0) is 16.0. The van der Waals surface area contributed by atoms with Crippen LogP contribution < -0.4 is 10.6 Å². The molecule has 1 rings (SSSR count). The Morgan fingerprint density at radius 1 is 1.38 bits per heavy atom. The molecule has 0 aliphatic carbocycles. The van der Waals surface area contributed by atoms with Gasteiger partial charge in [0.05, 0.1) is 17.6 Å². The molecule has 21 heavy (non-hydrogen) atoms. The minimum absolute atomic E-state index is 0.0488. The fourth-order valence-corrected chi connectivity index (χ4v) is 2.32. The Balaban J connectivity index is 2.74. The zero-order valence-corrected chi connectivity index (χ0v) is 13.6. The average molecular weight is 314 g/mol. The highest BCUT2D eigenvalue weighted by molar-refractivity contribution is 7.90. The van der Waals surface area contributed by atoms with E-state index in [0.29, 0.717) is 17.9 Å². The standard InChI is InChI=1S/C13H22N4O3S/c1-9(2)12-16-8-10(14-3)11(17-12)13(18)15-6-5-7-21(4,19)20/h8-9,14H,5-7H2,1-4H3,(H,15,18). The number of hydrogen-bond donors (Lipinski definition) is 2. The van der Waals surface area contributed by atoms with Gasteiger partial charge in [-0.05, 0) is 6.42 Å². The van der Waals surface area contributed by atoms with E-state index in [1.54, 1.807) is 13.2 Å². The van der Waals surface area contributed by atoms with Gasteiger partial charge < -0.3 is 10.6 Å². The molecule has 0 aliphatic rings. The number of carbonyl (C=O) groups excluding carboxylic acids is 1. The molecule has 2 N–H and O–H groups in total. The van der Waals surface area contributed by atoms with Crippen molar-refractivity contribution in [1.82, 2.24) is 15.3 Å². The van der Waals surface area contributed by atoms with Gasteiger partial charge >= 0.3 is 0 Å². The molecule has 7 nitrogen and oxygen atoms in total. The van der Waals surface area contributed by atoms with Gasteiger partial charge in [-0.15, -0.1) is 0 Å². The Bertz CT molecular complexity index is 599. The summed E-state index contributed by atoms with van der Waals surface area (Å²) >= 11 is 0. The summed E-state index contributed by atoms with van der Waals surface area (Å²) in [6.07, 6.45) is 3.13. The van der Waals surface area contributed by atoms with E-state index >= 15 is 0 Å². The summed E-state index contributed by atoms with van der Waals surface area (Å²) < 4.78 is 22.0. The minimum atomic E-state index is -3.01. The van der Waals surface area contributed by atoms with Gasteiger partial charge in [-0.2, -0.15) is 0 Å². The third-order valence-electron chi connectivity index (χ3n) is 2.79. The van der Waals surface area contributed by atoms with Gasteiger partial charge in [0.1, 0.15) is 15.7 Å². The van der Waals surface area contributed by atoms with Crippen molar-refractivity contribution in [3.63, 3.8) is 0 Å². The highest BCUT2D eigenvalue weighted by Crippen LogP contribution is 2.15. The molecule has 8 heteroatoms. The van der Waals surface area contributed by atoms with Crippen molar-refractivity contribution >= 4 is 21.4 Å². The molecule has 0 bridgehead atoms. The summed E-state index contributed by atoms with van der Waals surface area (Å²) in [5.74, 6) is 0.424. The van der Waals surface area contributed by atoms with Crippen LogP contribution in [0.4, 0.5) is 5.69 Å². The fraction of sp³-hybridized carbons (Fsp3) is 0.615. The molecule has 0 unspecified atom stereocenters. The maximum Gasteiger partial charge on any atom is 0.272 e. The number of sulfone groups is 1. The second kappa shape index (κ2) is 7.35. The summed E-state index contributed by atoms with van der Waals surface area (Å²) in [4.78, 5) is 20.6. The van der Waals surface area contributed by atoms with E-state index in [2.05, 4.69) is 20.6 Å². The van der Waals surface area contributed by atoms with E-state index in [1.807, 2.05) is 13.8 Å². The van der Waals surface area contributed by atoms with Gasteiger partial charge in [0.2, 0.25) is 0 Å². The molecule has 118 valence electrons. The quantitative estimate of drug-likeness (QED) is 0.722. The lowest BCUT2D eigenvalue weighted by molar-refractivity contribution is 0.0949. The van der Waals surface area contributed by atoms with Gasteiger partial charge in [0.15, 0.2) is 5.69 Å². The van der Waals surface area contributed by atoms with Crippen molar-refractivity contribution in [1.29, 1.82) is 0 Å². The minimum Gasteiger partial charge on any atom is -0.385 e. The molecule has 0 spiro atoms. The zero-order valence-electron chi connectivity index (χ0n) is 12.8. The lowest BCUT2D eigenvalue weighted by Gasteiger charge is -2.11. The lowest BCUT2D eigenvalue weighted by Crippen LogP contribution is -2.28. The predicted molar refractivity (Wildman–Crippen MR) is 82.3 cm³/mol. The molecule has 1 aromatic heterocycles. The molecule has 1 aromatic rings. The van der Waals surface area contributed by atoms with Crippen molar-refractivity contribution in [2.45, 2.75) is 26.2 Å². The van der Waals surface area contributed by atoms with Gasteiger partial charge in [-0.1, -0.05) is 13.8 Å². The lowest BCUT2D eigenvalue weighted by atomic mass is 10.2. The van der Waals surface area contributed by atoms with Crippen LogP contribution in [0.25, 0.3) is 0 Å². The first-order chi connectivity index (χ1) is 9.74. The number of carbonyl (C=O) groups is 1. The average Bonchev–Trinajstić information content (AvgIpc) is 2.41. The molecular formula is C13H22N4O3S. The van der Waals surface area contributed by atoms with Crippen molar-refractivity contribution in [2.24, 2.45) is 0 Å². The molecule has 0 aliphatic heterocycles. The molecule has 1 amide bonds. The van der Waals surface area contributed by atoms with E-state index < -0.39 is 9.84 Å². The summed E-state index contributed by atoms with van der Waals surface area (Å²) in [6, 6.07) is 0. The fourth-order valence-electron chi connectivity index (χ4n) is 1.65. The molecule has 0 atom stereocenters. The molecule has 0 saturated heterocycles. The summed E-state index contributed by atoms with van der Waals surface area (Å²) in [6.45, 7) is 4.18. The van der Waals surface area contributed by atoms with Gasteiger partial charge in [0, 0.05) is 25.8 Å². The second-order valence-corrected chi connectivity index (χ2v) is 7.39. The van der Waals surface area contributed by atoms with Crippen LogP contribution in [-0.4, -0.2) is 49.9 Å². The van der Waals surface area contributed by atoms with Crippen molar-refractivity contribution < 1.29 is 13.2 Å². The first-order valence-corrected chi connectivity index (χ1v) is 8.81. The van der Waals surface area contributed by atoms with E-state index in [1.165, 1.54) is 6.26 Å². The SMILES string of the molecule is CNc1cnc(C(C)C)nc1C(=O)NCCCS(C)(=O)=O. The van der Waals surface area contributed by atoms with Crippen LogP contribution in [0.2, 0.25) is 0 Å². The first kappa shape index (κ1) is 17.4. The molecule has 1 heterocycles. The Hall–Kier alpha value is -1.70. The van der Waals surface area contributed by atoms with Crippen LogP contribution in [0.3, 0.4) is 0 Å². The number of amides is 1. The Morgan fingerprint density at radius 3 is 2.57 bits per heavy atom. The molecule has 0 fully saturated rings. The van der Waals surface area contributed by atoms with E-state index in [-0.39, 0.29) is 29.8 Å². The molecule has 0 saturated carbocycles. The predicted octanol–water partition coefficient (Wildman–Crippen LogP) is 0.806. The number of nitrogens with zero attached hydrogens (tertiary/aromatic N) is 2. The van der Waals surface area contributed by atoms with Crippen LogP contribution in [0.15, 0.2) is 6.20 Å². The maximum absolute atomic E-state index is 12.1. The Morgan fingerprint density at radius 2 is 2.05 bits per heavy atom. The van der Waals surface area contributed by atoms with E-state index in [0.717, 1.165) is 0 Å². The normalized spacial score (nSPS) is 11.5. The third-order valence-corrected chi connectivity index (χ3v) is 3.82. The van der Waals surface area contributed by atoms with Crippen LogP contribution >= 0.6 is 0 Å². The van der Waals surface area contributed by atoms with Crippen molar-refractivity contribution in [3.05, 3.63) is 17.7 Å². The summed E-state index contributed by atoms with van der Waals surface area (Å²) in [7, 11) is -1.32. The largest absolute Gasteiger partial charge is 0.385 e. The van der Waals surface area contributed by atoms with E-state index in [9.17, 15) is 13.2 Å². The first-order valence-electron chi connectivity index (χ1n) is 6.75. The van der Waals surface area contributed by atoms with Crippen LogP contribution in [0.5, 0.6) is 0 Å². The number of rotatable bonds is 7. The maximum atomic E-state index is 12.1. The summed E-state index contributed by atoms with van der Waals surface area (Å²) in [5, 5.41) is 5.55. The van der Waals surface area contributed by atoms with Gasteiger partial charge in [-0.25, -0.2) is 18.4 Å². The molecule has 0 radical (unpaired) electrons. The number of aromatic nitrogens is 2. The van der Waals surface area contributed by atoms with Crippen LogP contribution in [0, 0.1) is 0 Å². The monoisotopic (exact) mass is 314 g/mol. The smallest absolute Gasteiger partial charge is 0.272 e. The highest BCUT2D eigenvalue weighted by atomic mass is 32.2. The molecular weight excluding hydrogens is 292 g/mol. The van der Waals surface area contributed by atoms with Crippen LogP contribution in [0.1, 0.15) is 42.5 Å². The third kappa shape index (κ3) is 5.66. The Labute approximate surface area is 125 Å². The number of nitrogens with one attached hydrogen (secondary N) is 2. The second-order valence-electron chi connectivity index (χ2n) is 5.13. The van der Waals surface area contributed by atoms with E-state index in [4.69, 9.17) is 0 Å².